The van der Waals surface area contributed by atoms with E-state index in [1.807, 2.05) is 19.9 Å². The van der Waals surface area contributed by atoms with Gasteiger partial charge < -0.3 is 15.6 Å². The highest BCUT2D eigenvalue weighted by Crippen LogP contribution is 2.38. The van der Waals surface area contributed by atoms with Crippen LogP contribution in [0.3, 0.4) is 0 Å². The largest absolute Gasteiger partial charge is 0.473 e. The maximum Gasteiger partial charge on any atom is 0.253 e. The molecule has 1 aliphatic rings. The fourth-order valence-corrected chi connectivity index (χ4v) is 1.37. The van der Waals surface area contributed by atoms with Crippen molar-refractivity contribution >= 4 is 5.82 Å². The van der Waals surface area contributed by atoms with Crippen molar-refractivity contribution in [2.75, 3.05) is 18.9 Å². The number of hydrogen-bond acceptors (Lipinski definition) is 5. The molecule has 6 heteroatoms. The van der Waals surface area contributed by atoms with Gasteiger partial charge in [-0.05, 0) is 12.8 Å². The second-order valence-electron chi connectivity index (χ2n) is 3.43. The number of aliphatic hydroxyl groups is 1. The van der Waals surface area contributed by atoms with Gasteiger partial charge >= 0.3 is 0 Å². The molecule has 0 saturated heterocycles. The molecule has 0 atom stereocenters. The van der Waals surface area contributed by atoms with Gasteiger partial charge in [-0.25, -0.2) is 4.68 Å². The van der Waals surface area contributed by atoms with E-state index in [9.17, 15) is 0 Å². The van der Waals surface area contributed by atoms with E-state index < -0.39 is 0 Å². The van der Waals surface area contributed by atoms with Gasteiger partial charge in [0.1, 0.15) is 18.5 Å². The second-order valence-corrected chi connectivity index (χ2v) is 3.43. The molecule has 1 saturated carbocycles. The molecule has 0 unspecified atom stereocenters. The van der Waals surface area contributed by atoms with E-state index in [1.165, 1.54) is 0 Å². The Balaban J connectivity index is 0.000000686. The van der Waals surface area contributed by atoms with Gasteiger partial charge in [0.2, 0.25) is 0 Å². The molecular formula is C11H18N4O2. The summed E-state index contributed by atoms with van der Waals surface area (Å²) in [7, 11) is 0. The minimum Gasteiger partial charge on any atom is -0.473 e. The van der Waals surface area contributed by atoms with Crippen molar-refractivity contribution in [3.05, 3.63) is 5.56 Å². The number of aromatic nitrogens is 2. The predicted octanol–water partition coefficient (Wildman–Crippen LogP) is 1.07. The lowest BCUT2D eigenvalue weighted by atomic mass is 10.3. The Hall–Kier alpha value is -1.74. The average Bonchev–Trinajstić information content (AvgIpc) is 3.15. The molecule has 2 rings (SSSR count). The fourth-order valence-electron chi connectivity index (χ4n) is 1.37. The third kappa shape index (κ3) is 2.88. The van der Waals surface area contributed by atoms with E-state index in [1.54, 1.807) is 4.68 Å². The summed E-state index contributed by atoms with van der Waals surface area (Å²) in [6.07, 6.45) is 2.08. The van der Waals surface area contributed by atoms with Crippen LogP contribution in [-0.4, -0.2) is 28.1 Å². The number of nitrogen functional groups attached to an aromatic ring is 1. The van der Waals surface area contributed by atoms with Crippen LogP contribution in [0.4, 0.5) is 5.82 Å². The summed E-state index contributed by atoms with van der Waals surface area (Å²) in [5, 5.41) is 21.6. The zero-order chi connectivity index (χ0) is 12.8. The average molecular weight is 238 g/mol. The van der Waals surface area contributed by atoms with E-state index in [0.29, 0.717) is 11.9 Å². The first-order chi connectivity index (χ1) is 8.27. The Morgan fingerprint density at radius 1 is 1.59 bits per heavy atom. The van der Waals surface area contributed by atoms with Gasteiger partial charge in [-0.2, -0.15) is 5.26 Å². The monoisotopic (exact) mass is 238 g/mol. The summed E-state index contributed by atoms with van der Waals surface area (Å²) in [5.41, 5.74) is 6.02. The van der Waals surface area contributed by atoms with Crippen LogP contribution in [0.2, 0.25) is 0 Å². The molecule has 0 aliphatic heterocycles. The zero-order valence-electron chi connectivity index (χ0n) is 10.2. The first-order valence-electron chi connectivity index (χ1n) is 5.79. The zero-order valence-corrected chi connectivity index (χ0v) is 10.2. The lowest BCUT2D eigenvalue weighted by Gasteiger charge is -1.99. The molecule has 94 valence electrons. The Bertz CT molecular complexity index is 404. The van der Waals surface area contributed by atoms with Crippen LogP contribution in [0.25, 0.3) is 0 Å². The van der Waals surface area contributed by atoms with Crippen molar-refractivity contribution in [1.29, 1.82) is 5.26 Å². The molecule has 1 aromatic rings. The van der Waals surface area contributed by atoms with Crippen LogP contribution in [0.15, 0.2) is 0 Å². The van der Waals surface area contributed by atoms with Gasteiger partial charge in [0.15, 0.2) is 5.56 Å². The lowest BCUT2D eigenvalue weighted by Crippen LogP contribution is -2.04. The smallest absolute Gasteiger partial charge is 0.253 e. The Kier molecular flexibility index (Phi) is 4.79. The van der Waals surface area contributed by atoms with Crippen LogP contribution < -0.4 is 10.5 Å². The Morgan fingerprint density at radius 3 is 2.71 bits per heavy atom. The van der Waals surface area contributed by atoms with Crippen LogP contribution >= 0.6 is 0 Å². The van der Waals surface area contributed by atoms with E-state index in [-0.39, 0.29) is 24.7 Å². The highest BCUT2D eigenvalue weighted by atomic mass is 16.5. The number of rotatable bonds is 4. The van der Waals surface area contributed by atoms with Crippen LogP contribution in [0.1, 0.15) is 38.3 Å². The summed E-state index contributed by atoms with van der Waals surface area (Å²) >= 11 is 0. The highest BCUT2D eigenvalue weighted by Gasteiger charge is 2.29. The predicted molar refractivity (Wildman–Crippen MR) is 63.6 cm³/mol. The van der Waals surface area contributed by atoms with E-state index in [2.05, 4.69) is 5.10 Å². The standard InChI is InChI=1S/C9H12N4O2.C2H6/c10-5-7-8(11)13(6-1-2-6)12-9(7)15-4-3-14;1-2/h6,14H,1-4,11H2;1-2H3. The van der Waals surface area contributed by atoms with Crippen molar-refractivity contribution in [3.8, 4) is 11.9 Å². The van der Waals surface area contributed by atoms with E-state index in [0.717, 1.165) is 12.8 Å². The van der Waals surface area contributed by atoms with Crippen molar-refractivity contribution in [1.82, 2.24) is 9.78 Å². The third-order valence-corrected chi connectivity index (χ3v) is 2.25. The SMILES string of the molecule is CC.N#Cc1c(OCCO)nn(C2CC2)c1N. The molecule has 3 N–H and O–H groups in total. The van der Waals surface area contributed by atoms with Gasteiger partial charge in [0, 0.05) is 0 Å². The van der Waals surface area contributed by atoms with Crippen LogP contribution in [0, 0.1) is 11.3 Å². The quantitative estimate of drug-likeness (QED) is 0.817. The molecule has 0 radical (unpaired) electrons. The van der Waals surface area contributed by atoms with Gasteiger partial charge in [-0.15, -0.1) is 5.10 Å². The first kappa shape index (κ1) is 13.3. The summed E-state index contributed by atoms with van der Waals surface area (Å²) in [4.78, 5) is 0. The van der Waals surface area contributed by atoms with Gasteiger partial charge in [-0.3, -0.25) is 0 Å². The highest BCUT2D eigenvalue weighted by molar-refractivity contribution is 5.55. The number of aliphatic hydroxyl groups excluding tert-OH is 1. The molecule has 6 nitrogen and oxygen atoms in total. The maximum absolute atomic E-state index is 8.89. The first-order valence-corrected chi connectivity index (χ1v) is 5.79. The number of nitriles is 1. The molecular weight excluding hydrogens is 220 g/mol. The van der Waals surface area contributed by atoms with Crippen molar-refractivity contribution in [3.63, 3.8) is 0 Å². The molecule has 1 aromatic heterocycles. The van der Waals surface area contributed by atoms with Crippen LogP contribution in [-0.2, 0) is 0 Å². The summed E-state index contributed by atoms with van der Waals surface area (Å²) in [6, 6.07) is 2.27. The maximum atomic E-state index is 8.89. The Labute approximate surface area is 101 Å². The molecule has 0 spiro atoms. The molecule has 17 heavy (non-hydrogen) atoms. The van der Waals surface area contributed by atoms with E-state index in [4.69, 9.17) is 20.8 Å². The molecule has 1 aliphatic carbocycles. The second kappa shape index (κ2) is 6.11. The normalized spacial score (nSPS) is 13.5. The van der Waals surface area contributed by atoms with Crippen molar-refractivity contribution in [2.45, 2.75) is 32.7 Å². The minimum absolute atomic E-state index is 0.110. The molecule has 1 heterocycles. The van der Waals surface area contributed by atoms with Gasteiger partial charge in [0.25, 0.3) is 5.88 Å². The van der Waals surface area contributed by atoms with Crippen molar-refractivity contribution < 1.29 is 9.84 Å². The Morgan fingerprint density at radius 2 is 2.24 bits per heavy atom. The molecule has 0 bridgehead atoms. The van der Waals surface area contributed by atoms with Gasteiger partial charge in [0.05, 0.1) is 12.6 Å². The lowest BCUT2D eigenvalue weighted by molar-refractivity contribution is 0.195. The number of nitrogens with two attached hydrogens (primary N) is 1. The number of hydrogen-bond donors (Lipinski definition) is 2. The van der Waals surface area contributed by atoms with Crippen molar-refractivity contribution in [2.24, 2.45) is 0 Å². The van der Waals surface area contributed by atoms with Gasteiger partial charge in [-0.1, -0.05) is 13.8 Å². The molecule has 0 amide bonds. The summed E-state index contributed by atoms with van der Waals surface area (Å²) < 4.78 is 6.76. The topological polar surface area (TPSA) is 97.1 Å². The number of nitrogens with zero attached hydrogens (tertiary/aromatic N) is 3. The summed E-state index contributed by atoms with van der Waals surface area (Å²) in [5.74, 6) is 0.573. The van der Waals surface area contributed by atoms with Crippen LogP contribution in [0.5, 0.6) is 5.88 Å². The number of ether oxygens (including phenoxy) is 1. The third-order valence-electron chi connectivity index (χ3n) is 2.25. The number of anilines is 1. The molecule has 1 fully saturated rings. The summed E-state index contributed by atoms with van der Waals surface area (Å²) in [6.45, 7) is 4.01. The molecule has 0 aromatic carbocycles. The van der Waals surface area contributed by atoms with E-state index >= 15 is 0 Å². The fraction of sp³-hybridized carbons (Fsp3) is 0.636. The minimum atomic E-state index is -0.110.